The molecule has 0 fully saturated rings. The first-order chi connectivity index (χ1) is 10.9. The highest BCUT2D eigenvalue weighted by molar-refractivity contribution is 7.99. The Morgan fingerprint density at radius 2 is 1.96 bits per heavy atom. The van der Waals surface area contributed by atoms with Crippen molar-refractivity contribution in [2.24, 2.45) is 0 Å². The second-order valence-electron chi connectivity index (χ2n) is 5.34. The van der Waals surface area contributed by atoms with E-state index in [-0.39, 0.29) is 17.5 Å². The summed E-state index contributed by atoms with van der Waals surface area (Å²) in [6.07, 6.45) is 0. The van der Waals surface area contributed by atoms with Gasteiger partial charge in [0, 0.05) is 4.90 Å². The molecule has 122 valence electrons. The van der Waals surface area contributed by atoms with Crippen molar-refractivity contribution in [3.8, 4) is 0 Å². The van der Waals surface area contributed by atoms with Crippen LogP contribution in [-0.4, -0.2) is 21.9 Å². The summed E-state index contributed by atoms with van der Waals surface area (Å²) in [5.74, 6) is 0.642. The summed E-state index contributed by atoms with van der Waals surface area (Å²) in [6.45, 7) is 7.50. The molecular formula is C17H21N3O2S. The quantitative estimate of drug-likeness (QED) is 0.826. The number of aromatic nitrogens is 2. The van der Waals surface area contributed by atoms with E-state index in [2.05, 4.69) is 22.4 Å². The molecule has 1 aromatic carbocycles. The van der Waals surface area contributed by atoms with Crippen LogP contribution in [0.3, 0.4) is 0 Å². The Bertz CT molecular complexity index is 753. The summed E-state index contributed by atoms with van der Waals surface area (Å²) in [4.78, 5) is 25.5. The number of nitrogens with zero attached hydrogens (tertiary/aromatic N) is 1. The molecule has 0 saturated carbocycles. The highest BCUT2D eigenvalue weighted by Gasteiger charge is 2.18. The van der Waals surface area contributed by atoms with Crippen molar-refractivity contribution in [3.63, 3.8) is 0 Å². The van der Waals surface area contributed by atoms with Gasteiger partial charge in [-0.25, -0.2) is 5.10 Å². The summed E-state index contributed by atoms with van der Waals surface area (Å²) >= 11 is 1.77. The Hall–Kier alpha value is -2.08. The predicted molar refractivity (Wildman–Crippen MR) is 93.1 cm³/mol. The highest BCUT2D eigenvalue weighted by atomic mass is 32.2. The molecule has 0 bridgehead atoms. The third-order valence-corrected chi connectivity index (χ3v) is 4.63. The van der Waals surface area contributed by atoms with Crippen LogP contribution < -0.4 is 10.9 Å². The van der Waals surface area contributed by atoms with E-state index >= 15 is 0 Å². The summed E-state index contributed by atoms with van der Waals surface area (Å²) in [7, 11) is 0. The van der Waals surface area contributed by atoms with Crippen LogP contribution in [0.25, 0.3) is 0 Å². The smallest absolute Gasteiger partial charge is 0.277 e. The molecule has 1 heterocycles. The molecule has 2 N–H and O–H groups in total. The van der Waals surface area contributed by atoms with Crippen molar-refractivity contribution < 1.29 is 4.79 Å². The summed E-state index contributed by atoms with van der Waals surface area (Å²) in [5.41, 5.74) is 1.91. The minimum absolute atomic E-state index is 0.127. The fraction of sp³-hybridized carbons (Fsp3) is 0.353. The molecule has 5 nitrogen and oxygen atoms in total. The number of carbonyl (C=O) groups excluding carboxylic acids is 1. The molecule has 1 unspecified atom stereocenters. The van der Waals surface area contributed by atoms with E-state index < -0.39 is 5.56 Å². The van der Waals surface area contributed by atoms with Gasteiger partial charge in [0.25, 0.3) is 11.5 Å². The van der Waals surface area contributed by atoms with Crippen LogP contribution in [0.4, 0.5) is 0 Å². The lowest BCUT2D eigenvalue weighted by atomic mass is 10.1. The largest absolute Gasteiger partial charge is 0.345 e. The first kappa shape index (κ1) is 17.3. The van der Waals surface area contributed by atoms with Crippen LogP contribution in [0, 0.1) is 13.8 Å². The number of benzene rings is 1. The molecule has 23 heavy (non-hydrogen) atoms. The van der Waals surface area contributed by atoms with E-state index in [9.17, 15) is 9.59 Å². The number of hydrogen-bond acceptors (Lipinski definition) is 4. The van der Waals surface area contributed by atoms with E-state index in [1.807, 2.05) is 31.2 Å². The molecule has 0 saturated heterocycles. The van der Waals surface area contributed by atoms with Crippen LogP contribution in [0.2, 0.25) is 0 Å². The van der Waals surface area contributed by atoms with Crippen molar-refractivity contribution in [3.05, 3.63) is 57.0 Å². The zero-order valence-corrected chi connectivity index (χ0v) is 14.6. The SMILES string of the molecule is CCSc1ccc(C(C)NC(=O)c2c(C)c(C)n[nH]c2=O)cc1. The lowest BCUT2D eigenvalue weighted by molar-refractivity contribution is 0.0937. The van der Waals surface area contributed by atoms with E-state index in [4.69, 9.17) is 0 Å². The van der Waals surface area contributed by atoms with Gasteiger partial charge in [-0.05, 0) is 49.8 Å². The van der Waals surface area contributed by atoms with Crippen molar-refractivity contribution in [1.29, 1.82) is 0 Å². The average Bonchev–Trinajstić information content (AvgIpc) is 2.52. The molecule has 2 rings (SSSR count). The van der Waals surface area contributed by atoms with Crippen LogP contribution in [0.15, 0.2) is 34.0 Å². The minimum Gasteiger partial charge on any atom is -0.345 e. The topological polar surface area (TPSA) is 74.8 Å². The fourth-order valence-corrected chi connectivity index (χ4v) is 2.93. The maximum Gasteiger partial charge on any atom is 0.277 e. The van der Waals surface area contributed by atoms with Gasteiger partial charge in [0.15, 0.2) is 0 Å². The molecule has 0 aliphatic rings. The van der Waals surface area contributed by atoms with E-state index in [1.54, 1.807) is 25.6 Å². The Kier molecular flexibility index (Phi) is 5.60. The van der Waals surface area contributed by atoms with Crippen molar-refractivity contribution in [2.45, 2.75) is 38.6 Å². The van der Waals surface area contributed by atoms with Gasteiger partial charge in [0.2, 0.25) is 0 Å². The molecule has 6 heteroatoms. The number of rotatable bonds is 5. The molecule has 2 aromatic rings. The van der Waals surface area contributed by atoms with Gasteiger partial charge < -0.3 is 5.32 Å². The summed E-state index contributed by atoms with van der Waals surface area (Å²) < 4.78 is 0. The molecular weight excluding hydrogens is 310 g/mol. The van der Waals surface area contributed by atoms with Crippen molar-refractivity contribution >= 4 is 17.7 Å². The number of thioether (sulfide) groups is 1. The second-order valence-corrected chi connectivity index (χ2v) is 6.67. The van der Waals surface area contributed by atoms with Crippen LogP contribution in [0.5, 0.6) is 0 Å². The molecule has 0 aliphatic carbocycles. The van der Waals surface area contributed by atoms with Gasteiger partial charge >= 0.3 is 0 Å². The van der Waals surface area contributed by atoms with E-state index in [0.717, 1.165) is 11.3 Å². The molecule has 0 spiro atoms. The molecule has 0 aliphatic heterocycles. The average molecular weight is 331 g/mol. The normalized spacial score (nSPS) is 12.0. The van der Waals surface area contributed by atoms with Crippen LogP contribution in [0.1, 0.15) is 47.1 Å². The Balaban J connectivity index is 2.17. The lowest BCUT2D eigenvalue weighted by Crippen LogP contribution is -2.33. The van der Waals surface area contributed by atoms with Crippen LogP contribution in [-0.2, 0) is 0 Å². The highest BCUT2D eigenvalue weighted by Crippen LogP contribution is 2.21. The molecule has 1 amide bonds. The fourth-order valence-electron chi connectivity index (χ4n) is 2.27. The standard InChI is InChI=1S/C17H21N3O2S/c1-5-23-14-8-6-13(7-9-14)12(4)18-16(21)15-10(2)11(3)19-20-17(15)22/h6-9,12H,5H2,1-4H3,(H,18,21)(H,20,22). The molecule has 1 atom stereocenters. The number of nitrogens with one attached hydrogen (secondary N) is 2. The number of amides is 1. The number of aryl methyl sites for hydroxylation is 1. The maximum absolute atomic E-state index is 12.4. The zero-order valence-electron chi connectivity index (χ0n) is 13.8. The van der Waals surface area contributed by atoms with Gasteiger partial charge in [-0.2, -0.15) is 5.10 Å². The Labute approximate surface area is 139 Å². The molecule has 0 radical (unpaired) electrons. The second kappa shape index (κ2) is 7.46. The van der Waals surface area contributed by atoms with Crippen molar-refractivity contribution in [1.82, 2.24) is 15.5 Å². The number of H-pyrrole nitrogens is 1. The number of aromatic amines is 1. The monoisotopic (exact) mass is 331 g/mol. The van der Waals surface area contributed by atoms with Gasteiger partial charge in [0.05, 0.1) is 11.7 Å². The zero-order chi connectivity index (χ0) is 17.0. The summed E-state index contributed by atoms with van der Waals surface area (Å²) in [5, 5.41) is 9.10. The predicted octanol–water partition coefficient (Wildman–Crippen LogP) is 2.99. The Morgan fingerprint density at radius 1 is 1.30 bits per heavy atom. The third kappa shape index (κ3) is 4.01. The van der Waals surface area contributed by atoms with Gasteiger partial charge in [-0.1, -0.05) is 19.1 Å². The molecule has 1 aromatic heterocycles. The third-order valence-electron chi connectivity index (χ3n) is 3.74. The summed E-state index contributed by atoms with van der Waals surface area (Å²) in [6, 6.07) is 7.90. The Morgan fingerprint density at radius 3 is 2.57 bits per heavy atom. The van der Waals surface area contributed by atoms with E-state index in [1.165, 1.54) is 4.90 Å². The van der Waals surface area contributed by atoms with Gasteiger partial charge in [-0.15, -0.1) is 11.8 Å². The number of carbonyl (C=O) groups is 1. The first-order valence-electron chi connectivity index (χ1n) is 7.53. The lowest BCUT2D eigenvalue weighted by Gasteiger charge is -2.15. The van der Waals surface area contributed by atoms with Gasteiger partial charge in [0.1, 0.15) is 5.56 Å². The minimum atomic E-state index is -0.465. The number of hydrogen-bond donors (Lipinski definition) is 2. The van der Waals surface area contributed by atoms with E-state index in [0.29, 0.717) is 11.3 Å². The first-order valence-corrected chi connectivity index (χ1v) is 8.52. The van der Waals surface area contributed by atoms with Crippen LogP contribution >= 0.6 is 11.8 Å². The van der Waals surface area contributed by atoms with Crippen molar-refractivity contribution in [2.75, 3.05) is 5.75 Å². The maximum atomic E-state index is 12.4. The van der Waals surface area contributed by atoms with Gasteiger partial charge in [-0.3, -0.25) is 9.59 Å².